The van der Waals surface area contributed by atoms with Crippen LogP contribution >= 0.6 is 0 Å². The topological polar surface area (TPSA) is 98.6 Å². The van der Waals surface area contributed by atoms with Crippen molar-refractivity contribution in [1.82, 2.24) is 14.7 Å². The van der Waals surface area contributed by atoms with Gasteiger partial charge >= 0.3 is 0 Å². The standard InChI is InChI=1S/C12H18N4O2S/c13-9-12(6-4-2-1-3-5-7-12)16-19(17,18)11-8-14-10-15-11/h8,10,16H,1-7H2,(H,14,15). The molecule has 0 amide bonds. The van der Waals surface area contributed by atoms with Gasteiger partial charge in [0.15, 0.2) is 5.03 Å². The molecule has 1 aliphatic carbocycles. The lowest BCUT2D eigenvalue weighted by atomic mass is 9.86. The van der Waals surface area contributed by atoms with Gasteiger partial charge in [0.25, 0.3) is 10.0 Å². The molecule has 1 aliphatic rings. The van der Waals surface area contributed by atoms with E-state index < -0.39 is 15.6 Å². The van der Waals surface area contributed by atoms with Gasteiger partial charge in [0.1, 0.15) is 5.54 Å². The highest BCUT2D eigenvalue weighted by Gasteiger charge is 2.35. The fourth-order valence-corrected chi connectivity index (χ4v) is 3.73. The third-order valence-electron chi connectivity index (χ3n) is 3.51. The minimum Gasteiger partial charge on any atom is -0.335 e. The Hall–Kier alpha value is -1.39. The molecule has 0 radical (unpaired) electrons. The van der Waals surface area contributed by atoms with Gasteiger partial charge in [-0.05, 0) is 12.8 Å². The molecular formula is C12H18N4O2S. The third-order valence-corrected chi connectivity index (χ3v) is 4.98. The third kappa shape index (κ3) is 3.33. The molecule has 0 spiro atoms. The van der Waals surface area contributed by atoms with Crippen LogP contribution in [0.1, 0.15) is 44.9 Å². The van der Waals surface area contributed by atoms with Gasteiger partial charge in [-0.25, -0.2) is 13.4 Å². The minimum atomic E-state index is -3.71. The smallest absolute Gasteiger partial charge is 0.258 e. The normalized spacial score (nSPS) is 20.2. The van der Waals surface area contributed by atoms with Crippen molar-refractivity contribution in [2.45, 2.75) is 55.5 Å². The molecule has 0 atom stereocenters. The molecule has 1 aromatic rings. The molecule has 19 heavy (non-hydrogen) atoms. The molecule has 1 fully saturated rings. The highest BCUT2D eigenvalue weighted by molar-refractivity contribution is 7.89. The van der Waals surface area contributed by atoms with Crippen LogP contribution in [0.2, 0.25) is 0 Å². The lowest BCUT2D eigenvalue weighted by molar-refractivity contribution is 0.357. The molecule has 104 valence electrons. The number of nitrogens with one attached hydrogen (secondary N) is 2. The fourth-order valence-electron chi connectivity index (χ4n) is 2.45. The number of rotatable bonds is 3. The molecule has 0 aromatic carbocycles. The molecule has 2 rings (SSSR count). The van der Waals surface area contributed by atoms with Crippen molar-refractivity contribution in [3.8, 4) is 6.07 Å². The van der Waals surface area contributed by atoms with Gasteiger partial charge in [-0.15, -0.1) is 0 Å². The molecule has 7 heteroatoms. The second kappa shape index (κ2) is 5.72. The second-order valence-electron chi connectivity index (χ2n) is 4.98. The van der Waals surface area contributed by atoms with Crippen LogP contribution in [0.25, 0.3) is 0 Å². The molecule has 0 bridgehead atoms. The molecule has 0 unspecified atom stereocenters. The highest BCUT2D eigenvalue weighted by Crippen LogP contribution is 2.27. The predicted octanol–water partition coefficient (Wildman–Crippen LogP) is 1.69. The first kappa shape index (κ1) is 14.0. The first-order valence-electron chi connectivity index (χ1n) is 6.52. The Labute approximate surface area is 113 Å². The van der Waals surface area contributed by atoms with Crippen LogP contribution in [0.15, 0.2) is 17.6 Å². The summed E-state index contributed by atoms with van der Waals surface area (Å²) >= 11 is 0. The van der Waals surface area contributed by atoms with Gasteiger partial charge in [0.05, 0.1) is 18.6 Å². The molecule has 0 aliphatic heterocycles. The van der Waals surface area contributed by atoms with E-state index in [-0.39, 0.29) is 5.03 Å². The van der Waals surface area contributed by atoms with E-state index >= 15 is 0 Å². The summed E-state index contributed by atoms with van der Waals surface area (Å²) in [5.74, 6) is 0. The number of aromatic amines is 1. The zero-order valence-electron chi connectivity index (χ0n) is 10.7. The lowest BCUT2D eigenvalue weighted by Gasteiger charge is -2.29. The zero-order valence-corrected chi connectivity index (χ0v) is 11.5. The van der Waals surface area contributed by atoms with E-state index in [0.29, 0.717) is 12.8 Å². The van der Waals surface area contributed by atoms with Gasteiger partial charge in [0, 0.05) is 0 Å². The van der Waals surface area contributed by atoms with Crippen LogP contribution in [0.5, 0.6) is 0 Å². The number of imidazole rings is 1. The van der Waals surface area contributed by atoms with Gasteiger partial charge in [-0.2, -0.15) is 9.98 Å². The molecule has 1 aromatic heterocycles. The van der Waals surface area contributed by atoms with Crippen molar-refractivity contribution in [2.75, 3.05) is 0 Å². The molecule has 1 saturated carbocycles. The first-order chi connectivity index (χ1) is 9.08. The van der Waals surface area contributed by atoms with Crippen LogP contribution < -0.4 is 4.72 Å². The van der Waals surface area contributed by atoms with E-state index in [1.807, 2.05) is 0 Å². The van der Waals surface area contributed by atoms with Gasteiger partial charge in [0.2, 0.25) is 0 Å². The van der Waals surface area contributed by atoms with E-state index in [9.17, 15) is 13.7 Å². The Morgan fingerprint density at radius 1 is 1.26 bits per heavy atom. The summed E-state index contributed by atoms with van der Waals surface area (Å²) in [5, 5.41) is 9.42. The van der Waals surface area contributed by atoms with Crippen LogP contribution in [-0.2, 0) is 10.0 Å². The number of nitrogens with zero attached hydrogens (tertiary/aromatic N) is 2. The average Bonchev–Trinajstić information content (AvgIpc) is 2.87. The summed E-state index contributed by atoms with van der Waals surface area (Å²) < 4.78 is 26.9. The number of H-pyrrole nitrogens is 1. The number of sulfonamides is 1. The van der Waals surface area contributed by atoms with E-state index in [1.165, 1.54) is 12.5 Å². The van der Waals surface area contributed by atoms with Crippen molar-refractivity contribution < 1.29 is 8.42 Å². The quantitative estimate of drug-likeness (QED) is 0.881. The van der Waals surface area contributed by atoms with Crippen LogP contribution in [-0.4, -0.2) is 23.9 Å². The summed E-state index contributed by atoms with van der Waals surface area (Å²) in [7, 11) is -3.71. The van der Waals surface area contributed by atoms with Gasteiger partial charge in [-0.3, -0.25) is 0 Å². The van der Waals surface area contributed by atoms with E-state index in [1.54, 1.807) is 0 Å². The Balaban J connectivity index is 2.20. The number of hydrogen-bond acceptors (Lipinski definition) is 4. The summed E-state index contributed by atoms with van der Waals surface area (Å²) in [6.45, 7) is 0. The largest absolute Gasteiger partial charge is 0.335 e. The van der Waals surface area contributed by atoms with Crippen LogP contribution in [0.3, 0.4) is 0 Å². The average molecular weight is 282 g/mol. The lowest BCUT2D eigenvalue weighted by Crippen LogP contribution is -2.47. The molecule has 2 N–H and O–H groups in total. The fraction of sp³-hybridized carbons (Fsp3) is 0.667. The van der Waals surface area contributed by atoms with E-state index in [0.717, 1.165) is 32.1 Å². The second-order valence-corrected chi connectivity index (χ2v) is 6.63. The van der Waals surface area contributed by atoms with Crippen molar-refractivity contribution in [1.29, 1.82) is 5.26 Å². The summed E-state index contributed by atoms with van der Waals surface area (Å²) in [4.78, 5) is 6.27. The van der Waals surface area contributed by atoms with Crippen molar-refractivity contribution in [3.05, 3.63) is 12.5 Å². The molecular weight excluding hydrogens is 264 g/mol. The summed E-state index contributed by atoms with van der Waals surface area (Å²) in [6, 6.07) is 2.18. The Morgan fingerprint density at radius 3 is 2.42 bits per heavy atom. The predicted molar refractivity (Wildman–Crippen MR) is 69.6 cm³/mol. The first-order valence-corrected chi connectivity index (χ1v) is 8.00. The molecule has 6 nitrogen and oxygen atoms in total. The van der Waals surface area contributed by atoms with Gasteiger partial charge in [-0.1, -0.05) is 32.1 Å². The maximum atomic E-state index is 12.2. The highest BCUT2D eigenvalue weighted by atomic mass is 32.2. The maximum absolute atomic E-state index is 12.2. The summed E-state index contributed by atoms with van der Waals surface area (Å²) in [5.41, 5.74) is -0.982. The Morgan fingerprint density at radius 2 is 1.89 bits per heavy atom. The van der Waals surface area contributed by atoms with Crippen LogP contribution in [0.4, 0.5) is 0 Å². The van der Waals surface area contributed by atoms with Crippen molar-refractivity contribution >= 4 is 10.0 Å². The van der Waals surface area contributed by atoms with Crippen molar-refractivity contribution in [3.63, 3.8) is 0 Å². The summed E-state index contributed by atoms with van der Waals surface area (Å²) in [6.07, 6.45) is 8.70. The van der Waals surface area contributed by atoms with Gasteiger partial charge < -0.3 is 4.98 Å². The molecule has 0 saturated heterocycles. The maximum Gasteiger partial charge on any atom is 0.258 e. The SMILES string of the molecule is N#CC1(NS(=O)(=O)c2cnc[nH]2)CCCCCCC1. The number of aromatic nitrogens is 2. The van der Waals surface area contributed by atoms with E-state index in [2.05, 4.69) is 20.8 Å². The minimum absolute atomic E-state index is 0.00387. The number of nitriles is 1. The monoisotopic (exact) mass is 282 g/mol. The van der Waals surface area contributed by atoms with E-state index in [4.69, 9.17) is 0 Å². The van der Waals surface area contributed by atoms with Crippen molar-refractivity contribution in [2.24, 2.45) is 0 Å². The Bertz CT molecular complexity index is 537. The zero-order chi connectivity index (χ0) is 13.8. The molecule has 1 heterocycles. The van der Waals surface area contributed by atoms with Crippen LogP contribution in [0, 0.1) is 11.3 Å². The number of hydrogen-bond donors (Lipinski definition) is 2. The Kier molecular flexibility index (Phi) is 4.22.